The summed E-state index contributed by atoms with van der Waals surface area (Å²) in [4.78, 5) is 1.58. The molecule has 1 aromatic heterocycles. The topological polar surface area (TPSA) is 56.1 Å². The zero-order valence-electron chi connectivity index (χ0n) is 8.08. The van der Waals surface area contributed by atoms with E-state index in [-0.39, 0.29) is 6.10 Å². The second-order valence-corrected chi connectivity index (χ2v) is 3.49. The molecule has 0 unspecified atom stereocenters. The van der Waals surface area contributed by atoms with Gasteiger partial charge in [0, 0.05) is 5.56 Å². The average Bonchev–Trinajstić information content (AvgIpc) is 2.96. The second-order valence-electron chi connectivity index (χ2n) is 3.49. The Bertz CT molecular complexity index is 449. The van der Waals surface area contributed by atoms with Crippen LogP contribution in [0.1, 0.15) is 0 Å². The molecule has 2 aromatic rings. The Kier molecular flexibility index (Phi) is 1.96. The minimum atomic E-state index is 0.280. The van der Waals surface area contributed by atoms with Crippen molar-refractivity contribution < 1.29 is 4.74 Å². The van der Waals surface area contributed by atoms with Crippen LogP contribution < -0.4 is 0 Å². The summed E-state index contributed by atoms with van der Waals surface area (Å²) in [7, 11) is 0. The van der Waals surface area contributed by atoms with E-state index in [4.69, 9.17) is 4.74 Å². The van der Waals surface area contributed by atoms with E-state index in [1.165, 1.54) is 0 Å². The number of hydrogen-bond acceptors (Lipinski definition) is 4. The fourth-order valence-electron chi connectivity index (χ4n) is 1.38. The number of benzene rings is 1. The minimum Gasteiger partial charge on any atom is -0.371 e. The van der Waals surface area contributed by atoms with Crippen molar-refractivity contribution in [2.45, 2.75) is 12.6 Å². The number of ether oxygens (including phenoxy) is 1. The molecule has 0 radical (unpaired) electrons. The van der Waals surface area contributed by atoms with Crippen molar-refractivity contribution in [2.24, 2.45) is 0 Å². The summed E-state index contributed by atoms with van der Waals surface area (Å²) in [6.45, 7) is 1.50. The average molecular weight is 202 g/mol. The summed E-state index contributed by atoms with van der Waals surface area (Å²) in [5.74, 6) is 0.663. The van der Waals surface area contributed by atoms with Gasteiger partial charge in [0.25, 0.3) is 0 Å². The van der Waals surface area contributed by atoms with E-state index in [0.29, 0.717) is 12.4 Å². The highest BCUT2D eigenvalue weighted by atomic mass is 16.6. The van der Waals surface area contributed by atoms with Gasteiger partial charge >= 0.3 is 0 Å². The van der Waals surface area contributed by atoms with Crippen LogP contribution in [0.25, 0.3) is 11.4 Å². The van der Waals surface area contributed by atoms with E-state index in [9.17, 15) is 0 Å². The third-order valence-corrected chi connectivity index (χ3v) is 2.25. The summed E-state index contributed by atoms with van der Waals surface area (Å²) in [6, 6.07) is 9.82. The van der Waals surface area contributed by atoms with Gasteiger partial charge in [0.15, 0.2) is 0 Å². The minimum absolute atomic E-state index is 0.280. The number of aromatic nitrogens is 4. The molecule has 2 heterocycles. The normalized spacial score (nSPS) is 19.1. The quantitative estimate of drug-likeness (QED) is 0.689. The number of tetrazole rings is 1. The molecule has 0 bridgehead atoms. The number of epoxide rings is 1. The molecule has 3 rings (SSSR count). The van der Waals surface area contributed by atoms with Crippen LogP contribution in [0.2, 0.25) is 0 Å². The second kappa shape index (κ2) is 3.43. The van der Waals surface area contributed by atoms with Crippen molar-refractivity contribution in [3.63, 3.8) is 0 Å². The van der Waals surface area contributed by atoms with Crippen LogP contribution in [-0.2, 0) is 11.3 Å². The van der Waals surface area contributed by atoms with Gasteiger partial charge in [-0.1, -0.05) is 30.3 Å². The van der Waals surface area contributed by atoms with Gasteiger partial charge in [0.05, 0.1) is 13.2 Å². The monoisotopic (exact) mass is 202 g/mol. The van der Waals surface area contributed by atoms with Crippen LogP contribution >= 0.6 is 0 Å². The third-order valence-electron chi connectivity index (χ3n) is 2.25. The lowest BCUT2D eigenvalue weighted by atomic mass is 10.2. The maximum Gasteiger partial charge on any atom is 0.204 e. The Hall–Kier alpha value is -1.75. The van der Waals surface area contributed by atoms with Crippen LogP contribution in [0.5, 0.6) is 0 Å². The predicted octanol–water partition coefficient (Wildman–Crippen LogP) is 0.739. The Morgan fingerprint density at radius 3 is 2.87 bits per heavy atom. The van der Waals surface area contributed by atoms with Crippen LogP contribution in [-0.4, -0.2) is 32.9 Å². The standard InChI is InChI=1S/C10H10N4O/c1-2-4-8(5-3-1)10-11-13-14(12-10)6-9-7-15-9/h1-5,9H,6-7H2/t9-/m1/s1. The Balaban J connectivity index is 1.83. The highest BCUT2D eigenvalue weighted by Gasteiger charge is 2.24. The molecule has 1 saturated heterocycles. The summed E-state index contributed by atoms with van der Waals surface area (Å²) >= 11 is 0. The van der Waals surface area contributed by atoms with Crippen molar-refractivity contribution in [1.82, 2.24) is 20.2 Å². The molecule has 1 aliphatic rings. The van der Waals surface area contributed by atoms with Crippen LogP contribution in [0, 0.1) is 0 Å². The van der Waals surface area contributed by atoms with Gasteiger partial charge in [0.2, 0.25) is 5.82 Å². The van der Waals surface area contributed by atoms with E-state index in [1.54, 1.807) is 4.80 Å². The first kappa shape index (κ1) is 8.55. The summed E-state index contributed by atoms with van der Waals surface area (Å²) < 4.78 is 5.10. The van der Waals surface area contributed by atoms with E-state index in [0.717, 1.165) is 12.2 Å². The van der Waals surface area contributed by atoms with Crippen LogP contribution in [0.3, 0.4) is 0 Å². The number of hydrogen-bond donors (Lipinski definition) is 0. The highest BCUT2D eigenvalue weighted by Crippen LogP contribution is 2.14. The van der Waals surface area contributed by atoms with Gasteiger partial charge < -0.3 is 4.74 Å². The molecule has 0 aliphatic carbocycles. The molecule has 1 atom stereocenters. The molecule has 1 aromatic carbocycles. The van der Waals surface area contributed by atoms with Crippen molar-refractivity contribution >= 4 is 0 Å². The fraction of sp³-hybridized carbons (Fsp3) is 0.300. The first-order valence-electron chi connectivity index (χ1n) is 4.86. The Morgan fingerprint density at radius 1 is 1.33 bits per heavy atom. The number of nitrogens with zero attached hydrogens (tertiary/aromatic N) is 4. The Morgan fingerprint density at radius 2 is 2.13 bits per heavy atom. The van der Waals surface area contributed by atoms with Crippen molar-refractivity contribution in [1.29, 1.82) is 0 Å². The van der Waals surface area contributed by atoms with Crippen LogP contribution in [0.15, 0.2) is 30.3 Å². The molecule has 1 fully saturated rings. The maximum atomic E-state index is 5.10. The molecular formula is C10H10N4O. The molecule has 15 heavy (non-hydrogen) atoms. The molecule has 5 heteroatoms. The highest BCUT2D eigenvalue weighted by molar-refractivity contribution is 5.52. The molecule has 1 aliphatic heterocycles. The molecule has 5 nitrogen and oxygen atoms in total. The molecular weight excluding hydrogens is 192 g/mol. The summed E-state index contributed by atoms with van der Waals surface area (Å²) in [5.41, 5.74) is 0.987. The van der Waals surface area contributed by atoms with Crippen molar-refractivity contribution in [3.8, 4) is 11.4 Å². The van der Waals surface area contributed by atoms with E-state index >= 15 is 0 Å². The van der Waals surface area contributed by atoms with E-state index in [1.807, 2.05) is 30.3 Å². The van der Waals surface area contributed by atoms with Gasteiger partial charge in [-0.25, -0.2) is 0 Å². The fourth-order valence-corrected chi connectivity index (χ4v) is 1.38. The number of rotatable bonds is 3. The SMILES string of the molecule is c1ccc(-c2nnn(C[C@@H]3CO3)n2)cc1. The summed E-state index contributed by atoms with van der Waals surface area (Å²) in [5, 5.41) is 12.2. The smallest absolute Gasteiger partial charge is 0.204 e. The molecule has 0 amide bonds. The lowest BCUT2D eigenvalue weighted by molar-refractivity contribution is 0.357. The van der Waals surface area contributed by atoms with Gasteiger partial charge in [0.1, 0.15) is 6.10 Å². The van der Waals surface area contributed by atoms with Crippen molar-refractivity contribution in [3.05, 3.63) is 30.3 Å². The first-order chi connectivity index (χ1) is 7.42. The Labute approximate surface area is 86.7 Å². The molecule has 0 N–H and O–H groups in total. The lowest BCUT2D eigenvalue weighted by Crippen LogP contribution is -2.07. The maximum absolute atomic E-state index is 5.10. The zero-order chi connectivity index (χ0) is 10.1. The molecule has 0 spiro atoms. The first-order valence-corrected chi connectivity index (χ1v) is 4.86. The zero-order valence-corrected chi connectivity index (χ0v) is 8.08. The molecule has 0 saturated carbocycles. The largest absolute Gasteiger partial charge is 0.371 e. The van der Waals surface area contributed by atoms with Crippen molar-refractivity contribution in [2.75, 3.05) is 6.61 Å². The van der Waals surface area contributed by atoms with E-state index < -0.39 is 0 Å². The molecule has 76 valence electrons. The van der Waals surface area contributed by atoms with Gasteiger partial charge in [-0.15, -0.1) is 10.2 Å². The summed E-state index contributed by atoms with van der Waals surface area (Å²) in [6.07, 6.45) is 0.280. The van der Waals surface area contributed by atoms with Gasteiger partial charge in [-0.05, 0) is 5.21 Å². The lowest BCUT2D eigenvalue weighted by Gasteiger charge is -1.92. The van der Waals surface area contributed by atoms with Gasteiger partial charge in [-0.2, -0.15) is 4.80 Å². The predicted molar refractivity (Wildman–Crippen MR) is 53.0 cm³/mol. The van der Waals surface area contributed by atoms with Gasteiger partial charge in [-0.3, -0.25) is 0 Å². The van der Waals surface area contributed by atoms with Crippen LogP contribution in [0.4, 0.5) is 0 Å². The van der Waals surface area contributed by atoms with E-state index in [2.05, 4.69) is 15.4 Å². The third kappa shape index (κ3) is 1.87.